The molecule has 2 amide bonds. The van der Waals surface area contributed by atoms with Crippen molar-refractivity contribution in [3.05, 3.63) is 126 Å². The predicted molar refractivity (Wildman–Crippen MR) is 177 cm³/mol. The van der Waals surface area contributed by atoms with Gasteiger partial charge in [-0.05, 0) is 66.4 Å². The molecule has 4 aromatic carbocycles. The Labute approximate surface area is 269 Å². The fraction of sp³-hybridized carbons (Fsp3) is 0.278. The number of methoxy groups -OCH3 is 2. The Hall–Kier alpha value is -4.90. The number of ether oxygens (including phenoxy) is 3. The summed E-state index contributed by atoms with van der Waals surface area (Å²) in [4.78, 5) is 25.9. The molecule has 10 heteroatoms. The van der Waals surface area contributed by atoms with Crippen LogP contribution in [0.2, 0.25) is 0 Å². The molecule has 0 aliphatic heterocycles. The first-order valence-corrected chi connectivity index (χ1v) is 15.0. The number of para-hydroxylation sites is 1. The topological polar surface area (TPSA) is 130 Å². The highest BCUT2D eigenvalue weighted by Crippen LogP contribution is 2.36. The third-order valence-corrected chi connectivity index (χ3v) is 7.52. The van der Waals surface area contributed by atoms with Crippen molar-refractivity contribution in [1.29, 1.82) is 0 Å². The Balaban J connectivity index is 1.54. The van der Waals surface area contributed by atoms with Crippen LogP contribution in [-0.2, 0) is 21.6 Å². The summed E-state index contributed by atoms with van der Waals surface area (Å²) in [6.07, 6.45) is -1.63. The number of nitrogens with one attached hydrogen (secondary N) is 2. The van der Waals surface area contributed by atoms with Crippen LogP contribution in [0.5, 0.6) is 5.75 Å². The van der Waals surface area contributed by atoms with Crippen LogP contribution in [0.1, 0.15) is 30.0 Å². The quantitative estimate of drug-likeness (QED) is 0.141. The van der Waals surface area contributed by atoms with Crippen molar-refractivity contribution in [2.45, 2.75) is 37.6 Å². The summed E-state index contributed by atoms with van der Waals surface area (Å²) in [5, 5.41) is 28.8. The van der Waals surface area contributed by atoms with Gasteiger partial charge in [-0.15, -0.1) is 0 Å². The van der Waals surface area contributed by atoms with Crippen LogP contribution in [0, 0.1) is 0 Å². The lowest BCUT2D eigenvalue weighted by Gasteiger charge is -2.33. The average Bonchev–Trinajstić information content (AvgIpc) is 3.09. The van der Waals surface area contributed by atoms with Gasteiger partial charge in [0.25, 0.3) is 0 Å². The lowest BCUT2D eigenvalue weighted by Crippen LogP contribution is -2.41. The van der Waals surface area contributed by atoms with E-state index in [0.717, 1.165) is 5.56 Å². The molecule has 0 saturated carbocycles. The van der Waals surface area contributed by atoms with Crippen LogP contribution < -0.4 is 20.3 Å². The van der Waals surface area contributed by atoms with E-state index in [1.165, 1.54) is 19.1 Å². The van der Waals surface area contributed by atoms with Gasteiger partial charge < -0.3 is 29.7 Å². The van der Waals surface area contributed by atoms with Crippen molar-refractivity contribution in [1.82, 2.24) is 5.32 Å². The van der Waals surface area contributed by atoms with E-state index in [0.29, 0.717) is 34.8 Å². The van der Waals surface area contributed by atoms with E-state index in [-0.39, 0.29) is 25.6 Å². The van der Waals surface area contributed by atoms with E-state index in [9.17, 15) is 19.8 Å². The van der Waals surface area contributed by atoms with Crippen LogP contribution >= 0.6 is 0 Å². The summed E-state index contributed by atoms with van der Waals surface area (Å²) in [5.74, 6) is 0.673. The number of carbonyl (C=O) groups is 2. The predicted octanol–water partition coefficient (Wildman–Crippen LogP) is 5.68. The average molecular weight is 628 g/mol. The Morgan fingerprint density at radius 2 is 1.41 bits per heavy atom. The van der Waals surface area contributed by atoms with Crippen molar-refractivity contribution >= 4 is 23.6 Å². The molecule has 4 N–H and O–H groups in total. The maximum absolute atomic E-state index is 12.7. The molecule has 0 fully saturated rings. The number of anilines is 2. The first kappa shape index (κ1) is 34.0. The molecule has 0 heterocycles. The Bertz CT molecular complexity index is 1520. The van der Waals surface area contributed by atoms with E-state index in [1.54, 1.807) is 48.5 Å². The number of aliphatic hydroxyl groups excluding tert-OH is 1. The lowest BCUT2D eigenvalue weighted by molar-refractivity contribution is 0.0558. The molecule has 0 aromatic heterocycles. The van der Waals surface area contributed by atoms with E-state index in [1.807, 2.05) is 67.6 Å². The number of hydrogen-bond acceptors (Lipinski definition) is 8. The summed E-state index contributed by atoms with van der Waals surface area (Å²) >= 11 is 0. The van der Waals surface area contributed by atoms with Gasteiger partial charge >= 0.3 is 12.2 Å². The Morgan fingerprint density at radius 3 is 2.00 bits per heavy atom. The molecule has 0 bridgehead atoms. The first-order valence-electron chi connectivity index (χ1n) is 15.0. The zero-order chi connectivity index (χ0) is 32.9. The maximum atomic E-state index is 12.7. The zero-order valence-corrected chi connectivity index (χ0v) is 26.3. The monoisotopic (exact) mass is 627 g/mol. The van der Waals surface area contributed by atoms with Gasteiger partial charge in [-0.2, -0.15) is 0 Å². The summed E-state index contributed by atoms with van der Waals surface area (Å²) in [7, 11) is 2.62. The smallest absolute Gasteiger partial charge is 0.414 e. The fourth-order valence-electron chi connectivity index (χ4n) is 5.08. The number of amides is 2. The van der Waals surface area contributed by atoms with E-state index < -0.39 is 23.9 Å². The summed E-state index contributed by atoms with van der Waals surface area (Å²) in [5.41, 5.74) is 1.76. The molecule has 2 unspecified atom stereocenters. The molecule has 4 rings (SSSR count). The van der Waals surface area contributed by atoms with E-state index >= 15 is 0 Å². The number of hydrogen-bond donors (Lipinski definition) is 4. The molecule has 4 aromatic rings. The van der Waals surface area contributed by atoms with Crippen molar-refractivity contribution in [3.63, 3.8) is 0 Å². The molecule has 10 nitrogen and oxygen atoms in total. The minimum absolute atomic E-state index is 0.115. The summed E-state index contributed by atoms with van der Waals surface area (Å²) in [6.45, 7) is 2.60. The van der Waals surface area contributed by atoms with Crippen molar-refractivity contribution in [2.75, 3.05) is 37.6 Å². The number of carbonyl (C=O) groups excluding carboxylic acids is 2. The van der Waals surface area contributed by atoms with Crippen LogP contribution in [0.4, 0.5) is 21.0 Å². The maximum Gasteiger partial charge on any atom is 0.414 e. The molecule has 0 aliphatic rings. The van der Waals surface area contributed by atoms with E-state index in [4.69, 9.17) is 9.47 Å². The van der Waals surface area contributed by atoms with Gasteiger partial charge in [-0.1, -0.05) is 72.8 Å². The van der Waals surface area contributed by atoms with Gasteiger partial charge in [-0.25, -0.2) is 9.59 Å². The highest BCUT2D eigenvalue weighted by Gasteiger charge is 2.34. The molecule has 0 spiro atoms. The minimum atomic E-state index is -1.48. The summed E-state index contributed by atoms with van der Waals surface area (Å²) < 4.78 is 15.4. The molecular formula is C36H41N3O7. The fourth-order valence-corrected chi connectivity index (χ4v) is 5.08. The molecule has 3 atom stereocenters. The molecule has 242 valence electrons. The third kappa shape index (κ3) is 9.31. The Morgan fingerprint density at radius 1 is 0.826 bits per heavy atom. The third-order valence-electron chi connectivity index (χ3n) is 7.52. The first-order chi connectivity index (χ1) is 22.2. The van der Waals surface area contributed by atoms with Gasteiger partial charge in [0.05, 0.1) is 20.8 Å². The van der Waals surface area contributed by atoms with Crippen LogP contribution in [0.25, 0.3) is 0 Å². The normalized spacial score (nSPS) is 13.5. The molecule has 0 aliphatic carbocycles. The van der Waals surface area contributed by atoms with Crippen molar-refractivity contribution in [2.24, 2.45) is 0 Å². The zero-order valence-electron chi connectivity index (χ0n) is 26.3. The standard InChI is InChI=1S/C36H41N3O7/c1-26(37-23-32(40)25-46-33-12-8-5-9-13-33)22-36(43,28-14-18-30(19-15-28)38-34(41)44-2)29-16-20-31(21-17-29)39(35(42)45-3)24-27-10-6-4-7-11-27/h4-21,26,32,37,40,43H,22-25H2,1-3H3,(H,38,41)/t26?,32-,36?/m0/s1. The van der Waals surface area contributed by atoms with Gasteiger partial charge in [0, 0.05) is 24.0 Å². The van der Waals surface area contributed by atoms with Crippen molar-refractivity contribution in [3.8, 4) is 5.75 Å². The van der Waals surface area contributed by atoms with Crippen molar-refractivity contribution < 1.29 is 34.0 Å². The summed E-state index contributed by atoms with van der Waals surface area (Å²) in [6, 6.07) is 32.6. The molecule has 46 heavy (non-hydrogen) atoms. The highest BCUT2D eigenvalue weighted by atomic mass is 16.5. The number of nitrogens with zero attached hydrogens (tertiary/aromatic N) is 1. The minimum Gasteiger partial charge on any atom is -0.491 e. The second kappa shape index (κ2) is 16.4. The van der Waals surface area contributed by atoms with Gasteiger partial charge in [-0.3, -0.25) is 10.2 Å². The SMILES string of the molecule is COC(=O)Nc1ccc(C(O)(CC(C)NC[C@H](O)COc2ccccc2)c2ccc(N(Cc3ccccc3)C(=O)OC)cc2)cc1. The van der Waals surface area contributed by atoms with E-state index in [2.05, 4.69) is 15.4 Å². The van der Waals surface area contributed by atoms with Gasteiger partial charge in [0.15, 0.2) is 0 Å². The van der Waals surface area contributed by atoms with Gasteiger partial charge in [0.2, 0.25) is 0 Å². The highest BCUT2D eigenvalue weighted by molar-refractivity contribution is 5.87. The Kier molecular flexibility index (Phi) is 12.1. The van der Waals surface area contributed by atoms with Crippen LogP contribution in [0.3, 0.4) is 0 Å². The molecule has 0 saturated heterocycles. The lowest BCUT2D eigenvalue weighted by atomic mass is 9.81. The van der Waals surface area contributed by atoms with Gasteiger partial charge in [0.1, 0.15) is 24.1 Å². The largest absolute Gasteiger partial charge is 0.491 e. The number of rotatable bonds is 14. The number of benzene rings is 4. The molecule has 0 radical (unpaired) electrons. The second-order valence-electron chi connectivity index (χ2n) is 10.9. The molecular weight excluding hydrogens is 586 g/mol. The second-order valence-corrected chi connectivity index (χ2v) is 10.9. The van der Waals surface area contributed by atoms with Crippen LogP contribution in [0.15, 0.2) is 109 Å². The van der Waals surface area contributed by atoms with Crippen LogP contribution in [-0.4, -0.2) is 61.9 Å². The number of aliphatic hydroxyl groups is 2.